The van der Waals surface area contributed by atoms with Gasteiger partial charge in [-0.2, -0.15) is 4.72 Å². The van der Waals surface area contributed by atoms with Crippen LogP contribution in [0, 0.1) is 0 Å². The van der Waals surface area contributed by atoms with Gasteiger partial charge in [0.15, 0.2) is 0 Å². The summed E-state index contributed by atoms with van der Waals surface area (Å²) < 4.78 is 33.1. The fraction of sp³-hybridized carbons (Fsp3) is 0.150. The van der Waals surface area contributed by atoms with Crippen LogP contribution in [0.2, 0.25) is 0 Å². The minimum absolute atomic E-state index is 0.169. The Labute approximate surface area is 168 Å². The van der Waals surface area contributed by atoms with E-state index < -0.39 is 22.0 Å². The number of anilines is 1. The van der Waals surface area contributed by atoms with Crippen molar-refractivity contribution in [3.05, 3.63) is 77.7 Å². The maximum atomic E-state index is 12.9. The molecule has 0 saturated carbocycles. The van der Waals surface area contributed by atoms with Crippen molar-refractivity contribution in [1.29, 1.82) is 0 Å². The second kappa shape index (κ2) is 9.01. The predicted octanol–water partition coefficient (Wildman–Crippen LogP) is 3.29. The highest BCUT2D eigenvalue weighted by Crippen LogP contribution is 2.18. The minimum Gasteiger partial charge on any atom is -0.497 e. The second-order valence-corrected chi connectivity index (χ2v) is 8.90. The van der Waals surface area contributed by atoms with Gasteiger partial charge in [0, 0.05) is 5.69 Å². The van der Waals surface area contributed by atoms with Gasteiger partial charge in [-0.05, 0) is 47.7 Å². The number of thiophene rings is 1. The quantitative estimate of drug-likeness (QED) is 0.590. The summed E-state index contributed by atoms with van der Waals surface area (Å²) in [5.41, 5.74) is 1.41. The molecular weight excluding hydrogens is 396 g/mol. The average Bonchev–Trinajstić information content (AvgIpc) is 3.25. The topological polar surface area (TPSA) is 84.5 Å². The molecule has 6 nitrogen and oxygen atoms in total. The van der Waals surface area contributed by atoms with Crippen LogP contribution < -0.4 is 14.8 Å². The largest absolute Gasteiger partial charge is 0.497 e. The van der Waals surface area contributed by atoms with Crippen molar-refractivity contribution < 1.29 is 17.9 Å². The Hall–Kier alpha value is -2.68. The smallest absolute Gasteiger partial charge is 0.250 e. The number of nitrogens with one attached hydrogen (secondary N) is 2. The summed E-state index contributed by atoms with van der Waals surface area (Å²) in [6.45, 7) is 0. The average molecular weight is 417 g/mol. The molecular formula is C20H20N2O4S2. The number of methoxy groups -OCH3 is 1. The van der Waals surface area contributed by atoms with E-state index in [1.54, 1.807) is 42.8 Å². The molecule has 146 valence electrons. The normalized spacial score (nSPS) is 12.3. The molecule has 28 heavy (non-hydrogen) atoms. The fourth-order valence-electron chi connectivity index (χ4n) is 2.60. The first kappa shape index (κ1) is 20.1. The first-order valence-corrected chi connectivity index (χ1v) is 10.9. The zero-order chi connectivity index (χ0) is 20.0. The van der Waals surface area contributed by atoms with E-state index in [-0.39, 0.29) is 10.6 Å². The van der Waals surface area contributed by atoms with Crippen LogP contribution in [0.15, 0.2) is 76.3 Å². The second-order valence-electron chi connectivity index (χ2n) is 6.01. The monoisotopic (exact) mass is 416 g/mol. The lowest BCUT2D eigenvalue weighted by molar-refractivity contribution is -0.117. The number of hydrogen-bond acceptors (Lipinski definition) is 5. The molecule has 2 N–H and O–H groups in total. The maximum absolute atomic E-state index is 12.9. The standard InChI is InChI=1S/C20H20N2O4S2/c1-26-17-11-9-16(10-12-17)21-20(23)18(14-15-6-3-2-4-7-15)22-28(24,25)19-8-5-13-27-19/h2-13,18,22H,14H2,1H3,(H,21,23)/t18-/m0/s1. The van der Waals surface area contributed by atoms with E-state index in [9.17, 15) is 13.2 Å². The fourth-order valence-corrected chi connectivity index (χ4v) is 4.81. The van der Waals surface area contributed by atoms with Gasteiger partial charge in [-0.15, -0.1) is 11.3 Å². The summed E-state index contributed by atoms with van der Waals surface area (Å²) in [5, 5.41) is 4.44. The molecule has 1 amide bonds. The number of carbonyl (C=O) groups is 1. The summed E-state index contributed by atoms with van der Waals surface area (Å²) in [6, 6.07) is 18.3. The van der Waals surface area contributed by atoms with Gasteiger partial charge in [-0.3, -0.25) is 4.79 Å². The van der Waals surface area contributed by atoms with Gasteiger partial charge in [-0.25, -0.2) is 8.42 Å². The molecule has 8 heteroatoms. The van der Waals surface area contributed by atoms with Crippen molar-refractivity contribution in [2.75, 3.05) is 12.4 Å². The van der Waals surface area contributed by atoms with Crippen molar-refractivity contribution >= 4 is 33.0 Å². The third-order valence-electron chi connectivity index (χ3n) is 4.01. The van der Waals surface area contributed by atoms with Gasteiger partial charge in [-0.1, -0.05) is 36.4 Å². The predicted molar refractivity (Wildman–Crippen MR) is 110 cm³/mol. The Morgan fingerprint density at radius 3 is 2.36 bits per heavy atom. The van der Waals surface area contributed by atoms with Crippen molar-refractivity contribution in [2.24, 2.45) is 0 Å². The van der Waals surface area contributed by atoms with E-state index in [2.05, 4.69) is 10.0 Å². The van der Waals surface area contributed by atoms with E-state index in [0.717, 1.165) is 16.9 Å². The van der Waals surface area contributed by atoms with Gasteiger partial charge in [0.2, 0.25) is 5.91 Å². The van der Waals surface area contributed by atoms with Crippen LogP contribution in [0.5, 0.6) is 5.75 Å². The Morgan fingerprint density at radius 1 is 1.04 bits per heavy atom. The number of carbonyl (C=O) groups excluding carboxylic acids is 1. The zero-order valence-corrected chi connectivity index (χ0v) is 16.8. The van der Waals surface area contributed by atoms with Crippen molar-refractivity contribution in [2.45, 2.75) is 16.7 Å². The van der Waals surface area contributed by atoms with Gasteiger partial charge >= 0.3 is 0 Å². The van der Waals surface area contributed by atoms with Crippen molar-refractivity contribution in [1.82, 2.24) is 4.72 Å². The number of rotatable bonds is 8. The number of hydrogen-bond donors (Lipinski definition) is 2. The molecule has 0 fully saturated rings. The van der Waals surface area contributed by atoms with Gasteiger partial charge in [0.1, 0.15) is 16.0 Å². The minimum atomic E-state index is -3.80. The van der Waals surface area contributed by atoms with E-state index in [1.165, 1.54) is 6.07 Å². The third-order valence-corrected chi connectivity index (χ3v) is 6.88. The number of amides is 1. The lowest BCUT2D eigenvalue weighted by atomic mass is 10.1. The molecule has 0 bridgehead atoms. The lowest BCUT2D eigenvalue weighted by Crippen LogP contribution is -2.45. The molecule has 0 aliphatic heterocycles. The first-order valence-electron chi connectivity index (χ1n) is 8.52. The van der Waals surface area contributed by atoms with Crippen molar-refractivity contribution in [3.8, 4) is 5.75 Å². The van der Waals surface area contributed by atoms with Crippen LogP contribution in [0.3, 0.4) is 0 Å². The Balaban J connectivity index is 1.81. The molecule has 1 heterocycles. The van der Waals surface area contributed by atoms with Crippen LogP contribution in [0.1, 0.15) is 5.56 Å². The summed E-state index contributed by atoms with van der Waals surface area (Å²) in [7, 11) is -2.24. The Morgan fingerprint density at radius 2 is 1.75 bits per heavy atom. The van der Waals surface area contributed by atoms with Gasteiger partial charge < -0.3 is 10.1 Å². The third kappa shape index (κ3) is 5.19. The van der Waals surface area contributed by atoms with Crippen LogP contribution in [0.25, 0.3) is 0 Å². The molecule has 2 aromatic carbocycles. The Kier molecular flexibility index (Phi) is 6.45. The SMILES string of the molecule is COc1ccc(NC(=O)[C@H](Cc2ccccc2)NS(=O)(=O)c2cccs2)cc1. The molecule has 0 aliphatic rings. The molecule has 1 aromatic heterocycles. The molecule has 0 unspecified atom stereocenters. The summed E-state index contributed by atoms with van der Waals surface area (Å²) in [6.07, 6.45) is 0.230. The summed E-state index contributed by atoms with van der Waals surface area (Å²) in [4.78, 5) is 12.9. The number of ether oxygens (including phenoxy) is 1. The van der Waals surface area contributed by atoms with Crippen LogP contribution in [0.4, 0.5) is 5.69 Å². The van der Waals surface area contributed by atoms with E-state index >= 15 is 0 Å². The van der Waals surface area contributed by atoms with E-state index in [0.29, 0.717) is 11.4 Å². The van der Waals surface area contributed by atoms with Crippen LogP contribution >= 0.6 is 11.3 Å². The highest BCUT2D eigenvalue weighted by molar-refractivity contribution is 7.91. The summed E-state index contributed by atoms with van der Waals surface area (Å²) in [5.74, 6) is 0.228. The van der Waals surface area contributed by atoms with Crippen LogP contribution in [-0.2, 0) is 21.2 Å². The van der Waals surface area contributed by atoms with Gasteiger partial charge in [0.25, 0.3) is 10.0 Å². The maximum Gasteiger partial charge on any atom is 0.250 e. The number of benzene rings is 2. The first-order chi connectivity index (χ1) is 13.5. The Bertz CT molecular complexity index is 1000. The molecule has 1 atom stereocenters. The highest BCUT2D eigenvalue weighted by atomic mass is 32.2. The zero-order valence-electron chi connectivity index (χ0n) is 15.2. The molecule has 3 rings (SSSR count). The van der Waals surface area contributed by atoms with Gasteiger partial charge in [0.05, 0.1) is 7.11 Å². The molecule has 0 saturated heterocycles. The van der Waals surface area contributed by atoms with E-state index in [4.69, 9.17) is 4.74 Å². The highest BCUT2D eigenvalue weighted by Gasteiger charge is 2.26. The lowest BCUT2D eigenvalue weighted by Gasteiger charge is -2.18. The summed E-state index contributed by atoms with van der Waals surface area (Å²) >= 11 is 1.10. The van der Waals surface area contributed by atoms with Crippen LogP contribution in [-0.4, -0.2) is 27.5 Å². The molecule has 0 radical (unpaired) electrons. The molecule has 0 aliphatic carbocycles. The van der Waals surface area contributed by atoms with Crippen molar-refractivity contribution in [3.63, 3.8) is 0 Å². The molecule has 3 aromatic rings. The molecule has 0 spiro atoms. The van der Waals surface area contributed by atoms with E-state index in [1.807, 2.05) is 30.3 Å². The number of sulfonamides is 1.